The van der Waals surface area contributed by atoms with Crippen LogP contribution >= 0.6 is 0 Å². The average molecular weight is 443 g/mol. The number of rotatable bonds is 6. The summed E-state index contributed by atoms with van der Waals surface area (Å²) in [5.74, 6) is 0.173. The Labute approximate surface area is 191 Å². The van der Waals surface area contributed by atoms with E-state index in [0.29, 0.717) is 28.6 Å². The number of nitrogens with zero attached hydrogens (tertiary/aromatic N) is 2. The minimum atomic E-state index is -0.333. The molecule has 8 heteroatoms. The summed E-state index contributed by atoms with van der Waals surface area (Å²) in [5.41, 5.74) is 10.9. The van der Waals surface area contributed by atoms with Gasteiger partial charge >= 0.3 is 0 Å². The van der Waals surface area contributed by atoms with Gasteiger partial charge < -0.3 is 26.2 Å². The van der Waals surface area contributed by atoms with Crippen molar-refractivity contribution in [3.63, 3.8) is 0 Å². The maximum atomic E-state index is 13.0. The molecule has 1 aliphatic heterocycles. The molecule has 3 heterocycles. The number of nitrogens with two attached hydrogens (primary N) is 1. The lowest BCUT2D eigenvalue weighted by atomic mass is 9.98. The van der Waals surface area contributed by atoms with E-state index in [0.717, 1.165) is 60.8 Å². The molecule has 1 amide bonds. The Morgan fingerprint density at radius 2 is 2.12 bits per heavy atom. The number of aromatic amines is 1. The van der Waals surface area contributed by atoms with Gasteiger partial charge in [0.1, 0.15) is 0 Å². The number of fused-ring (bicyclic) bond motifs is 1. The first kappa shape index (κ1) is 21.0. The van der Waals surface area contributed by atoms with E-state index in [-0.39, 0.29) is 5.91 Å². The van der Waals surface area contributed by atoms with Crippen LogP contribution in [0.2, 0.25) is 0 Å². The van der Waals surface area contributed by atoms with Crippen molar-refractivity contribution in [2.45, 2.75) is 19.4 Å². The maximum Gasteiger partial charge on any atom is 0.276 e. The van der Waals surface area contributed by atoms with Crippen LogP contribution in [-0.4, -0.2) is 40.1 Å². The molecule has 33 heavy (non-hydrogen) atoms. The molecule has 0 aliphatic carbocycles. The third-order valence-electron chi connectivity index (χ3n) is 6.17. The largest absolute Gasteiger partial charge is 0.398 e. The van der Waals surface area contributed by atoms with Crippen molar-refractivity contribution in [1.82, 2.24) is 14.8 Å². The molecule has 4 aromatic rings. The van der Waals surface area contributed by atoms with Crippen LogP contribution in [-0.2, 0) is 11.3 Å². The van der Waals surface area contributed by atoms with Gasteiger partial charge in [-0.05, 0) is 60.2 Å². The van der Waals surface area contributed by atoms with Crippen LogP contribution in [0.3, 0.4) is 0 Å². The smallest absolute Gasteiger partial charge is 0.276 e. The molecule has 8 nitrogen and oxygen atoms in total. The predicted octanol–water partition coefficient (Wildman–Crippen LogP) is 4.29. The van der Waals surface area contributed by atoms with Crippen LogP contribution in [0.15, 0.2) is 54.9 Å². The molecule has 0 unspecified atom stereocenters. The number of hydrogen-bond acceptors (Lipinski definition) is 5. The summed E-state index contributed by atoms with van der Waals surface area (Å²) >= 11 is 0. The van der Waals surface area contributed by atoms with E-state index in [1.54, 1.807) is 6.07 Å². The molecule has 2 aromatic carbocycles. The van der Waals surface area contributed by atoms with Crippen LogP contribution in [0, 0.1) is 11.3 Å². The van der Waals surface area contributed by atoms with E-state index < -0.39 is 0 Å². The van der Waals surface area contributed by atoms with Gasteiger partial charge in [-0.3, -0.25) is 9.48 Å². The molecule has 0 bridgehead atoms. The number of ether oxygens (including phenoxy) is 1. The number of hydrogen-bond donors (Lipinski definition) is 4. The number of H-pyrrole nitrogens is 1. The zero-order valence-corrected chi connectivity index (χ0v) is 18.2. The van der Waals surface area contributed by atoms with Crippen molar-refractivity contribution in [3.8, 4) is 11.1 Å². The van der Waals surface area contributed by atoms with Crippen molar-refractivity contribution < 1.29 is 9.53 Å². The number of nitrogens with one attached hydrogen (secondary N) is 3. The summed E-state index contributed by atoms with van der Waals surface area (Å²) in [4.78, 5) is 16.2. The predicted molar refractivity (Wildman–Crippen MR) is 130 cm³/mol. The van der Waals surface area contributed by atoms with Gasteiger partial charge in [-0.25, -0.2) is 0 Å². The minimum Gasteiger partial charge on any atom is -0.398 e. The highest BCUT2D eigenvalue weighted by Crippen LogP contribution is 2.34. The van der Waals surface area contributed by atoms with Crippen LogP contribution in [0.25, 0.3) is 22.0 Å². The summed E-state index contributed by atoms with van der Waals surface area (Å²) in [6, 6.07) is 13.4. The molecule has 5 rings (SSSR count). The Hall–Kier alpha value is -3.91. The highest BCUT2D eigenvalue weighted by atomic mass is 16.5. The molecule has 1 fully saturated rings. The number of carbonyl (C=O) groups excluding carboxylic acids is 1. The summed E-state index contributed by atoms with van der Waals surface area (Å²) in [6.45, 7) is 2.32. The fraction of sp³-hybridized carbons (Fsp3) is 0.240. The van der Waals surface area contributed by atoms with E-state index in [1.807, 2.05) is 53.5 Å². The number of amides is 1. The van der Waals surface area contributed by atoms with Gasteiger partial charge in [0.2, 0.25) is 0 Å². The Bertz CT molecular complexity index is 1320. The molecule has 168 valence electrons. The number of anilines is 2. The number of benzene rings is 2. The number of aromatic nitrogens is 3. The Morgan fingerprint density at radius 3 is 2.94 bits per heavy atom. The SMILES string of the molecule is N=Cc1c(N)cc(-c2cccc3[nH]ccc23)cc1NC(=O)c1ccn(CC2CCOCC2)n1. The normalized spacial score (nSPS) is 14.4. The molecule has 0 spiro atoms. The van der Waals surface area contributed by atoms with Gasteiger partial charge in [0.25, 0.3) is 5.91 Å². The zero-order valence-electron chi connectivity index (χ0n) is 18.2. The highest BCUT2D eigenvalue weighted by molar-refractivity contribution is 6.08. The average Bonchev–Trinajstić information content (AvgIpc) is 3.49. The molecule has 0 atom stereocenters. The molecule has 0 radical (unpaired) electrons. The van der Waals surface area contributed by atoms with Gasteiger partial charge in [0.15, 0.2) is 5.69 Å². The Morgan fingerprint density at radius 1 is 1.27 bits per heavy atom. The molecule has 1 aliphatic rings. The van der Waals surface area contributed by atoms with Crippen LogP contribution < -0.4 is 11.1 Å². The van der Waals surface area contributed by atoms with Gasteiger partial charge in [0, 0.05) is 60.5 Å². The lowest BCUT2D eigenvalue weighted by molar-refractivity contribution is 0.0601. The standard InChI is InChI=1S/C25H26N6O2/c26-14-20-21(27)12-17(18-2-1-3-22-19(18)4-8-28-22)13-24(20)29-25(32)23-5-9-31(30-23)15-16-6-10-33-11-7-16/h1-5,8-9,12-14,16,26,28H,6-7,10-11,15,27H2,(H,29,32). The topological polar surface area (TPSA) is 122 Å². The van der Waals surface area contributed by atoms with E-state index in [2.05, 4.69) is 15.4 Å². The monoisotopic (exact) mass is 442 g/mol. The van der Waals surface area contributed by atoms with Crippen molar-refractivity contribution in [1.29, 1.82) is 5.41 Å². The summed E-state index contributed by atoms with van der Waals surface area (Å²) in [5, 5.41) is 16.2. The third-order valence-corrected chi connectivity index (χ3v) is 6.17. The third kappa shape index (κ3) is 4.25. The highest BCUT2D eigenvalue weighted by Gasteiger charge is 2.18. The number of nitrogen functional groups attached to an aromatic ring is 1. The van der Waals surface area contributed by atoms with E-state index in [9.17, 15) is 4.79 Å². The molecule has 5 N–H and O–H groups in total. The van der Waals surface area contributed by atoms with Crippen molar-refractivity contribution in [2.24, 2.45) is 5.92 Å². The summed E-state index contributed by atoms with van der Waals surface area (Å²) in [6.07, 6.45) is 6.89. The summed E-state index contributed by atoms with van der Waals surface area (Å²) in [7, 11) is 0. The van der Waals surface area contributed by atoms with Crippen LogP contribution in [0.1, 0.15) is 28.9 Å². The number of carbonyl (C=O) groups is 1. The lowest BCUT2D eigenvalue weighted by Crippen LogP contribution is -2.21. The second kappa shape index (κ2) is 8.91. The van der Waals surface area contributed by atoms with Crippen molar-refractivity contribution in [2.75, 3.05) is 24.3 Å². The quantitative estimate of drug-likeness (QED) is 0.263. The van der Waals surface area contributed by atoms with E-state index >= 15 is 0 Å². The fourth-order valence-corrected chi connectivity index (χ4v) is 4.40. The van der Waals surface area contributed by atoms with Gasteiger partial charge in [-0.2, -0.15) is 5.10 Å². The fourth-order valence-electron chi connectivity index (χ4n) is 4.40. The van der Waals surface area contributed by atoms with Crippen molar-refractivity contribution >= 4 is 34.4 Å². The first-order valence-electron chi connectivity index (χ1n) is 11.1. The maximum absolute atomic E-state index is 13.0. The van der Waals surface area contributed by atoms with Gasteiger partial charge in [-0.15, -0.1) is 0 Å². The Balaban J connectivity index is 1.41. The summed E-state index contributed by atoms with van der Waals surface area (Å²) < 4.78 is 7.23. The molecular formula is C25H26N6O2. The molecule has 2 aromatic heterocycles. The molecule has 0 saturated carbocycles. The first-order chi connectivity index (χ1) is 16.1. The molecule has 1 saturated heterocycles. The lowest BCUT2D eigenvalue weighted by Gasteiger charge is -2.21. The van der Waals surface area contributed by atoms with Crippen LogP contribution in [0.5, 0.6) is 0 Å². The zero-order chi connectivity index (χ0) is 22.8. The first-order valence-corrected chi connectivity index (χ1v) is 11.1. The van der Waals surface area contributed by atoms with Crippen molar-refractivity contribution in [3.05, 3.63) is 66.1 Å². The molecular weight excluding hydrogens is 416 g/mol. The van der Waals surface area contributed by atoms with E-state index in [1.165, 1.54) is 0 Å². The minimum absolute atomic E-state index is 0.328. The van der Waals surface area contributed by atoms with Gasteiger partial charge in [0.05, 0.1) is 5.69 Å². The Kier molecular flexibility index (Phi) is 5.66. The van der Waals surface area contributed by atoms with E-state index in [4.69, 9.17) is 15.9 Å². The second-order valence-corrected chi connectivity index (χ2v) is 8.35. The van der Waals surface area contributed by atoms with Gasteiger partial charge in [-0.1, -0.05) is 12.1 Å². The van der Waals surface area contributed by atoms with Crippen LogP contribution in [0.4, 0.5) is 11.4 Å². The second-order valence-electron chi connectivity index (χ2n) is 8.35.